The van der Waals surface area contributed by atoms with Crippen LogP contribution in [-0.4, -0.2) is 54.0 Å². The SMILES string of the molecule is O=C(Nc1ccc(C(=O)N2CCN(C(c3ccc(F)cc3)c3ccc(F)cc3)CC2)cc1)NC1CC1. The van der Waals surface area contributed by atoms with E-state index in [-0.39, 0.29) is 35.7 Å². The maximum atomic E-state index is 13.6. The molecule has 3 aromatic carbocycles. The van der Waals surface area contributed by atoms with Gasteiger partial charge in [-0.05, 0) is 72.5 Å². The fourth-order valence-electron chi connectivity index (χ4n) is 4.55. The van der Waals surface area contributed by atoms with Gasteiger partial charge in [-0.25, -0.2) is 13.6 Å². The molecule has 6 nitrogen and oxygen atoms in total. The van der Waals surface area contributed by atoms with E-state index in [1.165, 1.54) is 24.3 Å². The molecule has 3 amide bonds. The van der Waals surface area contributed by atoms with Crippen LogP contribution >= 0.6 is 0 Å². The van der Waals surface area contributed by atoms with Gasteiger partial charge in [0.1, 0.15) is 11.6 Å². The highest BCUT2D eigenvalue weighted by atomic mass is 19.1. The first-order chi connectivity index (χ1) is 17.5. The summed E-state index contributed by atoms with van der Waals surface area (Å²) >= 11 is 0. The van der Waals surface area contributed by atoms with E-state index in [1.54, 1.807) is 48.5 Å². The first-order valence-corrected chi connectivity index (χ1v) is 12.2. The minimum absolute atomic E-state index is 0.0660. The highest BCUT2D eigenvalue weighted by Crippen LogP contribution is 2.30. The smallest absolute Gasteiger partial charge is 0.319 e. The minimum atomic E-state index is -0.309. The third kappa shape index (κ3) is 5.71. The van der Waals surface area contributed by atoms with Crippen LogP contribution in [0.25, 0.3) is 0 Å². The molecule has 0 spiro atoms. The van der Waals surface area contributed by atoms with Crippen LogP contribution in [0.5, 0.6) is 0 Å². The van der Waals surface area contributed by atoms with Crippen LogP contribution in [0.4, 0.5) is 19.3 Å². The summed E-state index contributed by atoms with van der Waals surface area (Å²) in [4.78, 5) is 29.1. The van der Waals surface area contributed by atoms with Gasteiger partial charge in [0.2, 0.25) is 0 Å². The van der Waals surface area contributed by atoms with Crippen molar-refractivity contribution in [1.82, 2.24) is 15.1 Å². The zero-order valence-corrected chi connectivity index (χ0v) is 19.8. The number of piperazine rings is 1. The van der Waals surface area contributed by atoms with Gasteiger partial charge in [0.05, 0.1) is 6.04 Å². The number of halogens is 2. The molecule has 1 aliphatic heterocycles. The van der Waals surface area contributed by atoms with Crippen LogP contribution < -0.4 is 10.6 Å². The van der Waals surface area contributed by atoms with Crippen molar-refractivity contribution in [2.24, 2.45) is 0 Å². The molecule has 3 aromatic rings. The fraction of sp³-hybridized carbons (Fsp3) is 0.286. The van der Waals surface area contributed by atoms with Gasteiger partial charge in [0, 0.05) is 43.5 Å². The Labute approximate surface area is 208 Å². The largest absolute Gasteiger partial charge is 0.336 e. The van der Waals surface area contributed by atoms with Crippen molar-refractivity contribution in [3.8, 4) is 0 Å². The average molecular weight is 491 g/mol. The number of anilines is 1. The molecule has 2 aliphatic rings. The number of urea groups is 1. The summed E-state index contributed by atoms with van der Waals surface area (Å²) in [7, 11) is 0. The molecular weight excluding hydrogens is 462 g/mol. The van der Waals surface area contributed by atoms with Crippen molar-refractivity contribution in [1.29, 1.82) is 0 Å². The molecule has 1 heterocycles. The summed E-state index contributed by atoms with van der Waals surface area (Å²) in [6.45, 7) is 2.29. The highest BCUT2D eigenvalue weighted by Gasteiger charge is 2.29. The van der Waals surface area contributed by atoms with Gasteiger partial charge in [0.25, 0.3) is 5.91 Å². The minimum Gasteiger partial charge on any atom is -0.336 e. The van der Waals surface area contributed by atoms with Gasteiger partial charge in [-0.15, -0.1) is 0 Å². The Hall–Kier alpha value is -3.78. The molecule has 2 N–H and O–H groups in total. The lowest BCUT2D eigenvalue weighted by atomic mass is 9.96. The summed E-state index contributed by atoms with van der Waals surface area (Å²) in [5.41, 5.74) is 3.02. The average Bonchev–Trinajstić information content (AvgIpc) is 3.71. The predicted octanol–water partition coefficient (Wildman–Crippen LogP) is 4.80. The predicted molar refractivity (Wildman–Crippen MR) is 134 cm³/mol. The Morgan fingerprint density at radius 1 is 0.750 bits per heavy atom. The molecule has 5 rings (SSSR count). The molecule has 1 aliphatic carbocycles. The molecule has 1 saturated carbocycles. The van der Waals surface area contributed by atoms with Gasteiger partial charge in [-0.3, -0.25) is 9.69 Å². The first kappa shape index (κ1) is 23.9. The van der Waals surface area contributed by atoms with Gasteiger partial charge in [-0.1, -0.05) is 24.3 Å². The second-order valence-electron chi connectivity index (χ2n) is 9.28. The number of carbonyl (C=O) groups excluding carboxylic acids is 2. The van der Waals surface area contributed by atoms with Crippen molar-refractivity contribution < 1.29 is 18.4 Å². The Morgan fingerprint density at radius 2 is 1.28 bits per heavy atom. The van der Waals surface area contributed by atoms with E-state index in [0.29, 0.717) is 37.4 Å². The molecular formula is C28H28F2N4O2. The van der Waals surface area contributed by atoms with Crippen LogP contribution in [0.3, 0.4) is 0 Å². The number of rotatable bonds is 6. The van der Waals surface area contributed by atoms with E-state index >= 15 is 0 Å². The first-order valence-electron chi connectivity index (χ1n) is 12.2. The van der Waals surface area contributed by atoms with Crippen molar-refractivity contribution in [2.75, 3.05) is 31.5 Å². The molecule has 0 bridgehead atoms. The highest BCUT2D eigenvalue weighted by molar-refractivity contribution is 5.95. The number of hydrogen-bond donors (Lipinski definition) is 2. The van der Waals surface area contributed by atoms with E-state index in [0.717, 1.165) is 24.0 Å². The summed E-state index contributed by atoms with van der Waals surface area (Å²) < 4.78 is 27.1. The zero-order chi connectivity index (χ0) is 25.1. The third-order valence-corrected chi connectivity index (χ3v) is 6.64. The zero-order valence-electron chi connectivity index (χ0n) is 19.8. The number of amides is 3. The lowest BCUT2D eigenvalue weighted by Gasteiger charge is -2.39. The molecule has 8 heteroatoms. The van der Waals surface area contributed by atoms with E-state index in [2.05, 4.69) is 15.5 Å². The van der Waals surface area contributed by atoms with E-state index in [9.17, 15) is 18.4 Å². The summed E-state index contributed by atoms with van der Waals surface area (Å²) in [5, 5.41) is 5.65. The second kappa shape index (κ2) is 10.5. The van der Waals surface area contributed by atoms with E-state index < -0.39 is 0 Å². The van der Waals surface area contributed by atoms with Gasteiger partial charge in [0.15, 0.2) is 0 Å². The maximum Gasteiger partial charge on any atom is 0.319 e. The number of carbonyl (C=O) groups is 2. The molecule has 0 aromatic heterocycles. The Balaban J connectivity index is 1.23. The normalized spacial score (nSPS) is 16.1. The maximum absolute atomic E-state index is 13.6. The number of nitrogens with one attached hydrogen (secondary N) is 2. The molecule has 1 saturated heterocycles. The van der Waals surface area contributed by atoms with Gasteiger partial charge < -0.3 is 15.5 Å². The number of nitrogens with zero attached hydrogens (tertiary/aromatic N) is 2. The fourth-order valence-corrected chi connectivity index (χ4v) is 4.55. The Morgan fingerprint density at radius 3 is 1.78 bits per heavy atom. The molecule has 36 heavy (non-hydrogen) atoms. The second-order valence-corrected chi connectivity index (χ2v) is 9.28. The van der Waals surface area contributed by atoms with Crippen molar-refractivity contribution in [3.63, 3.8) is 0 Å². The quantitative estimate of drug-likeness (QED) is 0.522. The topological polar surface area (TPSA) is 64.7 Å². The van der Waals surface area contributed by atoms with Crippen LogP contribution in [0.2, 0.25) is 0 Å². The molecule has 0 unspecified atom stereocenters. The summed E-state index contributed by atoms with van der Waals surface area (Å²) in [5.74, 6) is -0.683. The monoisotopic (exact) mass is 490 g/mol. The van der Waals surface area contributed by atoms with Gasteiger partial charge in [-0.2, -0.15) is 0 Å². The van der Waals surface area contributed by atoms with Gasteiger partial charge >= 0.3 is 6.03 Å². The number of hydrogen-bond acceptors (Lipinski definition) is 3. The van der Waals surface area contributed by atoms with Crippen LogP contribution in [0.15, 0.2) is 72.8 Å². The Bertz CT molecular complexity index is 1160. The van der Waals surface area contributed by atoms with Crippen LogP contribution in [0, 0.1) is 11.6 Å². The summed E-state index contributed by atoms with van der Waals surface area (Å²) in [6.07, 6.45) is 2.03. The lowest BCUT2D eigenvalue weighted by molar-refractivity contribution is 0.0597. The van der Waals surface area contributed by atoms with Crippen LogP contribution in [-0.2, 0) is 0 Å². The van der Waals surface area contributed by atoms with Crippen molar-refractivity contribution in [3.05, 3.63) is 101 Å². The number of benzene rings is 3. The summed E-state index contributed by atoms with van der Waals surface area (Å²) in [6, 6.07) is 19.5. The standard InChI is InChI=1S/C28H28F2N4O2/c29-22-7-1-19(2-8-22)26(20-3-9-23(30)10-4-20)33-15-17-34(18-16-33)27(35)21-5-11-24(12-6-21)31-28(36)32-25-13-14-25/h1-12,25-26H,13-18H2,(H2,31,32,36). The van der Waals surface area contributed by atoms with Crippen molar-refractivity contribution >= 4 is 17.6 Å². The molecule has 0 radical (unpaired) electrons. The van der Waals surface area contributed by atoms with Crippen molar-refractivity contribution in [2.45, 2.75) is 24.9 Å². The third-order valence-electron chi connectivity index (χ3n) is 6.64. The Kier molecular flexibility index (Phi) is 6.95. The van der Waals surface area contributed by atoms with E-state index in [1.807, 2.05) is 4.90 Å². The molecule has 186 valence electrons. The van der Waals surface area contributed by atoms with E-state index in [4.69, 9.17) is 0 Å². The molecule has 2 fully saturated rings. The van der Waals surface area contributed by atoms with Crippen LogP contribution in [0.1, 0.15) is 40.4 Å². The molecule has 0 atom stereocenters. The lowest BCUT2D eigenvalue weighted by Crippen LogP contribution is -2.49.